The molecule has 2 N–H and O–H groups in total. The first kappa shape index (κ1) is 10.7. The van der Waals surface area contributed by atoms with Gasteiger partial charge in [0.25, 0.3) is 0 Å². The molecule has 1 atom stereocenters. The molecule has 1 aromatic heterocycles. The average molecular weight is 222 g/mol. The van der Waals surface area contributed by atoms with E-state index in [0.29, 0.717) is 0 Å². The molecule has 0 aliphatic heterocycles. The Morgan fingerprint density at radius 1 is 1.19 bits per heavy atom. The second-order valence-electron chi connectivity index (χ2n) is 4.20. The van der Waals surface area contributed by atoms with Crippen LogP contribution >= 0.6 is 0 Å². The molecule has 1 fully saturated rings. The third-order valence-electron chi connectivity index (χ3n) is 3.22. The molecule has 6 nitrogen and oxygen atoms in total. The average Bonchev–Trinajstić information content (AvgIpc) is 2.63. The van der Waals surface area contributed by atoms with Gasteiger partial charge in [0.2, 0.25) is 0 Å². The van der Waals surface area contributed by atoms with Gasteiger partial charge in [-0.2, -0.15) is 5.26 Å². The molecule has 1 aromatic rings. The third-order valence-corrected chi connectivity index (χ3v) is 3.22. The highest BCUT2D eigenvalue weighted by Crippen LogP contribution is 2.31. The molecule has 6 heteroatoms. The van der Waals surface area contributed by atoms with Crippen molar-refractivity contribution in [3.05, 3.63) is 21.0 Å². The molecule has 0 bridgehead atoms. The first-order valence-corrected chi connectivity index (χ1v) is 5.53. The third kappa shape index (κ3) is 1.81. The smallest absolute Gasteiger partial charge is 0.247 e. The molecule has 1 unspecified atom stereocenters. The first-order chi connectivity index (χ1) is 7.74. The molecule has 1 saturated carbocycles. The van der Waals surface area contributed by atoms with Gasteiger partial charge in [0.1, 0.15) is 6.04 Å². The topological polar surface area (TPSA) is 94.4 Å². The molecular formula is C10H14N4O2. The Hall–Kier alpha value is -1.77. The van der Waals surface area contributed by atoms with Crippen LogP contribution in [-0.4, -0.2) is 14.8 Å². The predicted molar refractivity (Wildman–Crippen MR) is 56.9 cm³/mol. The van der Waals surface area contributed by atoms with Crippen LogP contribution in [0.2, 0.25) is 0 Å². The van der Waals surface area contributed by atoms with Gasteiger partial charge < -0.3 is 0 Å². The Kier molecular flexibility index (Phi) is 2.95. The van der Waals surface area contributed by atoms with E-state index < -0.39 is 17.4 Å². The van der Waals surface area contributed by atoms with Gasteiger partial charge in [-0.3, -0.25) is 0 Å². The van der Waals surface area contributed by atoms with Gasteiger partial charge in [-0.15, -0.1) is 0 Å². The summed E-state index contributed by atoms with van der Waals surface area (Å²) in [6.45, 7) is 0. The monoisotopic (exact) mass is 222 g/mol. The minimum absolute atomic E-state index is 0.119. The molecular weight excluding hydrogens is 208 g/mol. The lowest BCUT2D eigenvalue weighted by Crippen LogP contribution is -2.35. The van der Waals surface area contributed by atoms with E-state index in [4.69, 9.17) is 5.26 Å². The van der Waals surface area contributed by atoms with Gasteiger partial charge in [0, 0.05) is 0 Å². The summed E-state index contributed by atoms with van der Waals surface area (Å²) in [6, 6.07) is 1.44. The van der Waals surface area contributed by atoms with Crippen LogP contribution in [-0.2, 0) is 0 Å². The zero-order chi connectivity index (χ0) is 11.5. The number of H-pyrrole nitrogens is 2. The number of hydrogen-bond donors (Lipinski definition) is 2. The summed E-state index contributed by atoms with van der Waals surface area (Å²) in [7, 11) is 0. The normalized spacial score (nSPS) is 19.2. The van der Waals surface area contributed by atoms with Crippen LogP contribution in [0, 0.1) is 17.2 Å². The van der Waals surface area contributed by atoms with Crippen LogP contribution < -0.4 is 11.4 Å². The van der Waals surface area contributed by atoms with Crippen LogP contribution in [0.5, 0.6) is 0 Å². The molecule has 0 aromatic carbocycles. The molecule has 1 heterocycles. The lowest BCUT2D eigenvalue weighted by atomic mass is 9.84. The molecule has 0 saturated heterocycles. The summed E-state index contributed by atoms with van der Waals surface area (Å²) in [5.41, 5.74) is -1.05. The zero-order valence-corrected chi connectivity index (χ0v) is 8.90. The van der Waals surface area contributed by atoms with Crippen molar-refractivity contribution in [1.82, 2.24) is 14.8 Å². The fourth-order valence-corrected chi connectivity index (χ4v) is 2.40. The van der Waals surface area contributed by atoms with Gasteiger partial charge in [0.05, 0.1) is 6.07 Å². The highest BCUT2D eigenvalue weighted by atomic mass is 16.2. The number of hydrogen-bond acceptors (Lipinski definition) is 3. The van der Waals surface area contributed by atoms with Crippen molar-refractivity contribution in [3.63, 3.8) is 0 Å². The van der Waals surface area contributed by atoms with Crippen LogP contribution in [0.25, 0.3) is 0 Å². The number of aromatic amines is 2. The maximum absolute atomic E-state index is 11.4. The summed E-state index contributed by atoms with van der Waals surface area (Å²) in [5.74, 6) is 0.119. The lowest BCUT2D eigenvalue weighted by Gasteiger charge is -2.25. The van der Waals surface area contributed by atoms with Crippen molar-refractivity contribution in [1.29, 1.82) is 5.26 Å². The largest absolute Gasteiger partial charge is 0.345 e. The van der Waals surface area contributed by atoms with Crippen LogP contribution in [0.4, 0.5) is 0 Å². The van der Waals surface area contributed by atoms with E-state index in [1.54, 1.807) is 0 Å². The molecule has 0 amide bonds. The van der Waals surface area contributed by atoms with Gasteiger partial charge in [-0.1, -0.05) is 19.3 Å². The maximum Gasteiger partial charge on any atom is 0.345 e. The molecule has 0 spiro atoms. The Bertz CT molecular complexity index is 470. The first-order valence-electron chi connectivity index (χ1n) is 5.53. The molecule has 2 rings (SSSR count). The molecule has 0 radical (unpaired) electrons. The molecule has 16 heavy (non-hydrogen) atoms. The van der Waals surface area contributed by atoms with Gasteiger partial charge >= 0.3 is 11.4 Å². The van der Waals surface area contributed by atoms with E-state index in [2.05, 4.69) is 16.3 Å². The van der Waals surface area contributed by atoms with E-state index in [9.17, 15) is 9.59 Å². The van der Waals surface area contributed by atoms with Crippen molar-refractivity contribution in [2.45, 2.75) is 38.1 Å². The number of nitrogens with zero attached hydrogens (tertiary/aromatic N) is 2. The van der Waals surface area contributed by atoms with E-state index >= 15 is 0 Å². The summed E-state index contributed by atoms with van der Waals surface area (Å²) in [5, 5.41) is 13.5. The summed E-state index contributed by atoms with van der Waals surface area (Å²) in [4.78, 5) is 22.8. The quantitative estimate of drug-likeness (QED) is 0.763. The molecule has 86 valence electrons. The number of aromatic nitrogens is 3. The summed E-state index contributed by atoms with van der Waals surface area (Å²) >= 11 is 0. The number of nitriles is 1. The van der Waals surface area contributed by atoms with Gasteiger partial charge in [0.15, 0.2) is 0 Å². The van der Waals surface area contributed by atoms with E-state index in [0.717, 1.165) is 30.3 Å². The van der Waals surface area contributed by atoms with Gasteiger partial charge in [-0.25, -0.2) is 24.4 Å². The van der Waals surface area contributed by atoms with E-state index in [1.165, 1.54) is 6.42 Å². The maximum atomic E-state index is 11.4. The van der Waals surface area contributed by atoms with Crippen molar-refractivity contribution in [3.8, 4) is 6.07 Å². The standard InChI is InChI=1S/C10H14N4O2/c11-6-8(7-4-2-1-3-5-7)14-9(15)12-13-10(14)16/h7-8H,1-5H2,(H,12,15)(H,13,16). The highest BCUT2D eigenvalue weighted by Gasteiger charge is 2.27. The minimum Gasteiger partial charge on any atom is -0.247 e. The Morgan fingerprint density at radius 2 is 1.75 bits per heavy atom. The predicted octanol–water partition coefficient (Wildman–Crippen LogP) is 0.510. The van der Waals surface area contributed by atoms with Crippen molar-refractivity contribution in [2.75, 3.05) is 0 Å². The van der Waals surface area contributed by atoms with Crippen LogP contribution in [0.3, 0.4) is 0 Å². The zero-order valence-electron chi connectivity index (χ0n) is 8.90. The summed E-state index contributed by atoms with van der Waals surface area (Å²) < 4.78 is 0.996. The molecule has 1 aliphatic rings. The number of nitrogens with one attached hydrogen (secondary N) is 2. The second-order valence-corrected chi connectivity index (χ2v) is 4.20. The van der Waals surface area contributed by atoms with Crippen LogP contribution in [0.15, 0.2) is 9.59 Å². The second kappa shape index (κ2) is 4.39. The van der Waals surface area contributed by atoms with E-state index in [-0.39, 0.29) is 5.92 Å². The molecule has 1 aliphatic carbocycles. The Labute approximate surface area is 91.9 Å². The highest BCUT2D eigenvalue weighted by molar-refractivity contribution is 4.95. The Morgan fingerprint density at radius 3 is 2.25 bits per heavy atom. The van der Waals surface area contributed by atoms with Crippen molar-refractivity contribution >= 4 is 0 Å². The van der Waals surface area contributed by atoms with Crippen molar-refractivity contribution < 1.29 is 0 Å². The SMILES string of the molecule is N#CC(C1CCCCC1)n1c(=O)[nH][nH]c1=O. The van der Waals surface area contributed by atoms with Crippen LogP contribution in [0.1, 0.15) is 38.1 Å². The number of rotatable bonds is 2. The summed E-state index contributed by atoms with van der Waals surface area (Å²) in [6.07, 6.45) is 5.14. The Balaban J connectivity index is 2.33. The fourth-order valence-electron chi connectivity index (χ4n) is 2.40. The fraction of sp³-hybridized carbons (Fsp3) is 0.700. The van der Waals surface area contributed by atoms with E-state index in [1.807, 2.05) is 0 Å². The van der Waals surface area contributed by atoms with Gasteiger partial charge in [-0.05, 0) is 18.8 Å². The minimum atomic E-state index is -0.636. The van der Waals surface area contributed by atoms with Crippen molar-refractivity contribution in [2.24, 2.45) is 5.92 Å². The lowest BCUT2D eigenvalue weighted by molar-refractivity contribution is 0.283.